The lowest BCUT2D eigenvalue weighted by Gasteiger charge is -2.15. The van der Waals surface area contributed by atoms with Crippen LogP contribution in [0.2, 0.25) is 5.02 Å². The summed E-state index contributed by atoms with van der Waals surface area (Å²) in [5.41, 5.74) is 0.433. The number of carbonyl (C=O) groups excluding carboxylic acids is 1. The Hall–Kier alpha value is -2.45. The maximum atomic E-state index is 11.9. The van der Waals surface area contributed by atoms with Gasteiger partial charge in [0.15, 0.2) is 6.10 Å². The summed E-state index contributed by atoms with van der Waals surface area (Å²) in [6.07, 6.45) is 0.822. The van der Waals surface area contributed by atoms with Crippen LogP contribution in [0.3, 0.4) is 0 Å². The van der Waals surface area contributed by atoms with E-state index in [0.717, 1.165) is 0 Å². The predicted octanol–water partition coefficient (Wildman–Crippen LogP) is 2.89. The summed E-state index contributed by atoms with van der Waals surface area (Å²) in [5.74, 6) is 0.732. The minimum absolute atomic E-state index is 0.285. The minimum atomic E-state index is -0.717. The molecule has 2 rings (SSSR count). The van der Waals surface area contributed by atoms with Crippen molar-refractivity contribution in [3.05, 3.63) is 52.9 Å². The maximum absolute atomic E-state index is 11.9. The van der Waals surface area contributed by atoms with E-state index in [2.05, 4.69) is 5.32 Å². The normalized spacial score (nSPS) is 11.5. The molecule has 0 aliphatic rings. The number of benzene rings is 1. The lowest BCUT2D eigenvalue weighted by Crippen LogP contribution is -2.35. The highest BCUT2D eigenvalue weighted by molar-refractivity contribution is 6.32. The SMILES string of the molecule is CC(Oc1ccc(C#N)cc1Cl)C(=O)NCc1ccco1. The van der Waals surface area contributed by atoms with Gasteiger partial charge in [-0.2, -0.15) is 5.26 Å². The van der Waals surface area contributed by atoms with Gasteiger partial charge in [-0.05, 0) is 37.3 Å². The van der Waals surface area contributed by atoms with Crippen LogP contribution in [0.25, 0.3) is 0 Å². The second-order valence-corrected chi connectivity index (χ2v) is 4.72. The van der Waals surface area contributed by atoms with Crippen molar-refractivity contribution in [3.63, 3.8) is 0 Å². The van der Waals surface area contributed by atoms with Crippen molar-refractivity contribution >= 4 is 17.5 Å². The Balaban J connectivity index is 1.93. The Labute approximate surface area is 127 Å². The molecule has 1 heterocycles. The molecule has 1 amide bonds. The maximum Gasteiger partial charge on any atom is 0.261 e. The van der Waals surface area contributed by atoms with Crippen LogP contribution in [0.4, 0.5) is 0 Å². The quantitative estimate of drug-likeness (QED) is 0.921. The Morgan fingerprint density at radius 2 is 2.33 bits per heavy atom. The molecule has 0 bridgehead atoms. The molecule has 0 radical (unpaired) electrons. The fraction of sp³-hybridized carbons (Fsp3) is 0.200. The number of amides is 1. The zero-order chi connectivity index (χ0) is 15.2. The second kappa shape index (κ2) is 6.82. The van der Waals surface area contributed by atoms with Crippen LogP contribution in [0.15, 0.2) is 41.0 Å². The van der Waals surface area contributed by atoms with Crippen LogP contribution in [0.1, 0.15) is 18.2 Å². The monoisotopic (exact) mass is 304 g/mol. The molecule has 108 valence electrons. The van der Waals surface area contributed by atoms with E-state index in [1.54, 1.807) is 31.2 Å². The van der Waals surface area contributed by atoms with E-state index in [9.17, 15) is 4.79 Å². The summed E-state index contributed by atoms with van der Waals surface area (Å²) < 4.78 is 10.6. The molecule has 21 heavy (non-hydrogen) atoms. The highest BCUT2D eigenvalue weighted by atomic mass is 35.5. The van der Waals surface area contributed by atoms with Gasteiger partial charge < -0.3 is 14.5 Å². The van der Waals surface area contributed by atoms with Crippen molar-refractivity contribution in [2.24, 2.45) is 0 Å². The van der Waals surface area contributed by atoms with Crippen LogP contribution >= 0.6 is 11.6 Å². The smallest absolute Gasteiger partial charge is 0.261 e. The van der Waals surface area contributed by atoms with Gasteiger partial charge in [-0.15, -0.1) is 0 Å². The number of nitrogens with zero attached hydrogens (tertiary/aromatic N) is 1. The number of rotatable bonds is 5. The molecule has 1 N–H and O–H groups in total. The van der Waals surface area contributed by atoms with Gasteiger partial charge in [0.05, 0.1) is 29.5 Å². The average Bonchev–Trinajstić information content (AvgIpc) is 3.00. The molecule has 1 aromatic heterocycles. The van der Waals surface area contributed by atoms with Crippen LogP contribution in [0, 0.1) is 11.3 Å². The van der Waals surface area contributed by atoms with Gasteiger partial charge >= 0.3 is 0 Å². The van der Waals surface area contributed by atoms with Crippen LogP contribution in [-0.2, 0) is 11.3 Å². The molecular weight excluding hydrogens is 292 g/mol. The van der Waals surface area contributed by atoms with Crippen LogP contribution in [0.5, 0.6) is 5.75 Å². The number of halogens is 1. The zero-order valence-electron chi connectivity index (χ0n) is 11.3. The van der Waals surface area contributed by atoms with Gasteiger partial charge in [-0.3, -0.25) is 4.79 Å². The summed E-state index contributed by atoms with van der Waals surface area (Å²) in [6.45, 7) is 1.91. The molecule has 1 atom stereocenters. The summed E-state index contributed by atoms with van der Waals surface area (Å²) in [4.78, 5) is 11.9. The Morgan fingerprint density at radius 1 is 1.52 bits per heavy atom. The van der Waals surface area contributed by atoms with E-state index in [1.807, 2.05) is 6.07 Å². The number of ether oxygens (including phenoxy) is 1. The number of hydrogen-bond acceptors (Lipinski definition) is 4. The van der Waals surface area contributed by atoms with Crippen LogP contribution < -0.4 is 10.1 Å². The summed E-state index contributed by atoms with van der Waals surface area (Å²) >= 11 is 5.99. The van der Waals surface area contributed by atoms with Crippen molar-refractivity contribution in [3.8, 4) is 11.8 Å². The lowest BCUT2D eigenvalue weighted by molar-refractivity contribution is -0.127. The molecule has 5 nitrogen and oxygen atoms in total. The van der Waals surface area contributed by atoms with Gasteiger partial charge in [0.2, 0.25) is 0 Å². The molecule has 1 unspecified atom stereocenters. The average molecular weight is 305 g/mol. The lowest BCUT2D eigenvalue weighted by atomic mass is 10.2. The number of carbonyl (C=O) groups is 1. The van der Waals surface area contributed by atoms with Gasteiger partial charge in [0.25, 0.3) is 5.91 Å². The molecule has 0 aliphatic carbocycles. The van der Waals surface area contributed by atoms with Gasteiger partial charge in [-0.25, -0.2) is 0 Å². The van der Waals surface area contributed by atoms with Crippen molar-refractivity contribution in [1.29, 1.82) is 5.26 Å². The van der Waals surface area contributed by atoms with E-state index < -0.39 is 6.10 Å². The number of nitriles is 1. The van der Waals surface area contributed by atoms with E-state index >= 15 is 0 Å². The van der Waals surface area contributed by atoms with Crippen molar-refractivity contribution in [2.45, 2.75) is 19.6 Å². The minimum Gasteiger partial charge on any atom is -0.479 e. The van der Waals surface area contributed by atoms with Crippen molar-refractivity contribution in [2.75, 3.05) is 0 Å². The third-order valence-corrected chi connectivity index (χ3v) is 3.05. The number of furan rings is 1. The van der Waals surface area contributed by atoms with Crippen molar-refractivity contribution in [1.82, 2.24) is 5.32 Å². The largest absolute Gasteiger partial charge is 0.479 e. The fourth-order valence-corrected chi connectivity index (χ4v) is 1.87. The molecule has 0 aliphatic heterocycles. The summed E-state index contributed by atoms with van der Waals surface area (Å²) in [5, 5.41) is 11.7. The van der Waals surface area contributed by atoms with E-state index in [4.69, 9.17) is 26.0 Å². The Bertz CT molecular complexity index is 662. The Morgan fingerprint density at radius 3 is 2.95 bits per heavy atom. The second-order valence-electron chi connectivity index (χ2n) is 4.31. The molecule has 0 saturated carbocycles. The molecule has 6 heteroatoms. The summed E-state index contributed by atoms with van der Waals surface area (Å²) in [7, 11) is 0. The molecular formula is C15H13ClN2O3. The van der Waals surface area contributed by atoms with Gasteiger partial charge in [-0.1, -0.05) is 11.6 Å². The first-order valence-electron chi connectivity index (χ1n) is 6.26. The number of hydrogen-bond donors (Lipinski definition) is 1. The molecule has 1 aromatic carbocycles. The highest BCUT2D eigenvalue weighted by Gasteiger charge is 2.16. The zero-order valence-corrected chi connectivity index (χ0v) is 12.1. The van der Waals surface area contributed by atoms with Gasteiger partial charge in [0.1, 0.15) is 11.5 Å². The molecule has 0 saturated heterocycles. The van der Waals surface area contributed by atoms with Crippen LogP contribution in [-0.4, -0.2) is 12.0 Å². The Kier molecular flexibility index (Phi) is 4.85. The predicted molar refractivity (Wildman–Crippen MR) is 76.8 cm³/mol. The molecule has 0 spiro atoms. The standard InChI is InChI=1S/C15H13ClN2O3/c1-10(15(19)18-9-12-3-2-6-20-12)21-14-5-4-11(8-17)7-13(14)16/h2-7,10H,9H2,1H3,(H,18,19). The molecule has 0 fully saturated rings. The van der Waals surface area contributed by atoms with E-state index in [1.165, 1.54) is 12.3 Å². The highest BCUT2D eigenvalue weighted by Crippen LogP contribution is 2.26. The third-order valence-electron chi connectivity index (χ3n) is 2.75. The summed E-state index contributed by atoms with van der Waals surface area (Å²) in [6, 6.07) is 10.1. The topological polar surface area (TPSA) is 75.3 Å². The third kappa shape index (κ3) is 4.01. The van der Waals surface area contributed by atoms with Crippen molar-refractivity contribution < 1.29 is 13.9 Å². The van der Waals surface area contributed by atoms with E-state index in [0.29, 0.717) is 28.6 Å². The first-order valence-corrected chi connectivity index (χ1v) is 6.64. The van der Waals surface area contributed by atoms with Gasteiger partial charge in [0, 0.05) is 0 Å². The fourth-order valence-electron chi connectivity index (χ4n) is 1.64. The first kappa shape index (κ1) is 14.9. The molecule has 2 aromatic rings. The van der Waals surface area contributed by atoms with E-state index in [-0.39, 0.29) is 5.91 Å². The number of nitrogens with one attached hydrogen (secondary N) is 1. The first-order chi connectivity index (χ1) is 10.1.